The van der Waals surface area contributed by atoms with Crippen molar-refractivity contribution in [3.8, 4) is 5.75 Å². The van der Waals surface area contributed by atoms with Crippen molar-refractivity contribution in [2.75, 3.05) is 13.7 Å². The second-order valence-electron chi connectivity index (χ2n) is 9.32. The quantitative estimate of drug-likeness (QED) is 0.626. The van der Waals surface area contributed by atoms with Crippen LogP contribution in [0.15, 0.2) is 38.8 Å². The Morgan fingerprint density at radius 3 is 2.79 bits per heavy atom. The number of pyridine rings is 1. The maximum Gasteiger partial charge on any atom is 0.271 e. The van der Waals surface area contributed by atoms with Crippen LogP contribution in [0.2, 0.25) is 0 Å². The average molecular weight is 469 g/mol. The van der Waals surface area contributed by atoms with E-state index < -0.39 is 5.25 Å². The number of nitrogens with zero attached hydrogens (tertiary/aromatic N) is 3. The third-order valence-corrected chi connectivity index (χ3v) is 7.69. The Kier molecular flexibility index (Phi) is 5.29. The van der Waals surface area contributed by atoms with Crippen LogP contribution in [0.3, 0.4) is 0 Å². The molecule has 5 rings (SSSR count). The van der Waals surface area contributed by atoms with E-state index in [9.17, 15) is 9.59 Å². The molecule has 9 heteroatoms. The Morgan fingerprint density at radius 1 is 1.27 bits per heavy atom. The molecule has 4 heterocycles. The first-order valence-electron chi connectivity index (χ1n) is 11.1. The van der Waals surface area contributed by atoms with Crippen LogP contribution in [0.5, 0.6) is 5.75 Å². The molecule has 2 aliphatic rings. The first kappa shape index (κ1) is 22.0. The van der Waals surface area contributed by atoms with E-state index >= 15 is 0 Å². The van der Waals surface area contributed by atoms with Gasteiger partial charge in [0.2, 0.25) is 0 Å². The number of nitrogens with one attached hydrogen (secondary N) is 1. The minimum Gasteiger partial charge on any atom is -0.497 e. The molecule has 1 N–H and O–H groups in total. The number of thioether (sulfide) groups is 1. The number of fused-ring (bicyclic) bond motifs is 2. The molecule has 0 radical (unpaired) electrons. The summed E-state index contributed by atoms with van der Waals surface area (Å²) in [5.74, 6) is 1.32. The predicted octanol–water partition coefficient (Wildman–Crippen LogP) is 4.05. The van der Waals surface area contributed by atoms with Crippen LogP contribution in [0.25, 0.3) is 10.9 Å². The number of aliphatic imine (C=N–C) groups is 1. The lowest BCUT2D eigenvalue weighted by Crippen LogP contribution is -2.35. The van der Waals surface area contributed by atoms with Crippen molar-refractivity contribution in [3.63, 3.8) is 0 Å². The molecule has 0 amide bonds. The lowest BCUT2D eigenvalue weighted by molar-refractivity contribution is -0.0705. The van der Waals surface area contributed by atoms with Gasteiger partial charge in [-0.1, -0.05) is 11.8 Å². The highest BCUT2D eigenvalue weighted by Gasteiger charge is 2.36. The van der Waals surface area contributed by atoms with Crippen molar-refractivity contribution in [2.24, 2.45) is 12.0 Å². The highest BCUT2D eigenvalue weighted by Crippen LogP contribution is 2.45. The molecule has 3 aromatic rings. The van der Waals surface area contributed by atoms with E-state index in [2.05, 4.69) is 18.9 Å². The molecule has 33 heavy (non-hydrogen) atoms. The molecule has 0 aliphatic carbocycles. The van der Waals surface area contributed by atoms with Crippen molar-refractivity contribution >= 4 is 33.5 Å². The van der Waals surface area contributed by atoms with Crippen LogP contribution in [0, 0.1) is 0 Å². The first-order chi connectivity index (χ1) is 15.7. The van der Waals surface area contributed by atoms with E-state index in [1.165, 1.54) is 11.8 Å². The maximum atomic E-state index is 13.4. The molecule has 2 aliphatic heterocycles. The Balaban J connectivity index is 1.66. The summed E-state index contributed by atoms with van der Waals surface area (Å²) in [5, 5.41) is 4.34. The summed E-state index contributed by atoms with van der Waals surface area (Å²) >= 11 is 1.45. The van der Waals surface area contributed by atoms with Crippen molar-refractivity contribution < 1.29 is 9.47 Å². The third kappa shape index (κ3) is 3.73. The molecule has 174 valence electrons. The molecule has 2 aromatic heterocycles. The Morgan fingerprint density at radius 2 is 2.06 bits per heavy atom. The number of aryl methyl sites for hydroxylation is 1. The predicted molar refractivity (Wildman–Crippen MR) is 131 cm³/mol. The number of aromatic nitrogens is 3. The molecule has 1 fully saturated rings. The minimum absolute atomic E-state index is 0.0809. The molecular weight excluding hydrogens is 440 g/mol. The van der Waals surface area contributed by atoms with Crippen LogP contribution in [-0.4, -0.2) is 38.7 Å². The van der Waals surface area contributed by atoms with Crippen LogP contribution in [-0.2, 0) is 11.8 Å². The van der Waals surface area contributed by atoms with Gasteiger partial charge in [-0.3, -0.25) is 19.4 Å². The monoisotopic (exact) mass is 468 g/mol. The van der Waals surface area contributed by atoms with E-state index in [-0.39, 0.29) is 22.8 Å². The molecule has 0 saturated carbocycles. The molecule has 1 saturated heterocycles. The normalized spacial score (nSPS) is 22.2. The van der Waals surface area contributed by atoms with Gasteiger partial charge in [-0.15, -0.1) is 0 Å². The van der Waals surface area contributed by atoms with Gasteiger partial charge in [0.25, 0.3) is 11.1 Å². The summed E-state index contributed by atoms with van der Waals surface area (Å²) in [6.07, 6.45) is 1.57. The lowest BCUT2D eigenvalue weighted by atomic mass is 9.94. The number of hydrogen-bond donors (Lipinski definition) is 1. The van der Waals surface area contributed by atoms with Gasteiger partial charge < -0.3 is 14.0 Å². The number of methoxy groups -OCH3 is 1. The second-order valence-corrected chi connectivity index (χ2v) is 10.6. The van der Waals surface area contributed by atoms with E-state index in [0.29, 0.717) is 29.3 Å². The summed E-state index contributed by atoms with van der Waals surface area (Å²) in [5.41, 5.74) is 1.30. The average Bonchev–Trinajstić information content (AvgIpc) is 3.11. The van der Waals surface area contributed by atoms with Gasteiger partial charge >= 0.3 is 0 Å². The van der Waals surface area contributed by atoms with Crippen molar-refractivity contribution in [2.45, 2.75) is 50.5 Å². The van der Waals surface area contributed by atoms with Gasteiger partial charge in [-0.2, -0.15) is 0 Å². The van der Waals surface area contributed by atoms with Crippen LogP contribution >= 0.6 is 11.8 Å². The molecular formula is C24H28N4O4S. The zero-order valence-electron chi connectivity index (χ0n) is 19.5. The highest BCUT2D eigenvalue weighted by molar-refractivity contribution is 8.14. The summed E-state index contributed by atoms with van der Waals surface area (Å²) in [6.45, 7) is 6.68. The molecule has 0 unspecified atom stereocenters. The fourth-order valence-corrected chi connectivity index (χ4v) is 6.00. The van der Waals surface area contributed by atoms with Gasteiger partial charge in [-0.05, 0) is 57.2 Å². The van der Waals surface area contributed by atoms with Crippen molar-refractivity contribution in [1.29, 1.82) is 0 Å². The summed E-state index contributed by atoms with van der Waals surface area (Å²) in [4.78, 5) is 31.4. The number of H-pyrrole nitrogens is 1. The Bertz CT molecular complexity index is 1400. The van der Waals surface area contributed by atoms with Gasteiger partial charge in [0, 0.05) is 25.3 Å². The zero-order valence-corrected chi connectivity index (χ0v) is 20.3. The van der Waals surface area contributed by atoms with Crippen molar-refractivity contribution in [1.82, 2.24) is 14.3 Å². The van der Waals surface area contributed by atoms with Crippen LogP contribution in [0.1, 0.15) is 56.0 Å². The number of aromatic amines is 1. The summed E-state index contributed by atoms with van der Waals surface area (Å²) < 4.78 is 14.7. The number of ether oxygens (including phenoxy) is 2. The van der Waals surface area contributed by atoms with Crippen LogP contribution < -0.4 is 15.9 Å². The van der Waals surface area contributed by atoms with E-state index in [1.54, 1.807) is 18.7 Å². The minimum atomic E-state index is -0.430. The fourth-order valence-electron chi connectivity index (χ4n) is 4.90. The number of rotatable bonds is 3. The first-order valence-corrected chi connectivity index (χ1v) is 11.9. The zero-order chi connectivity index (χ0) is 23.5. The molecule has 0 spiro atoms. The van der Waals surface area contributed by atoms with Crippen molar-refractivity contribution in [3.05, 3.63) is 56.1 Å². The van der Waals surface area contributed by atoms with Gasteiger partial charge in [0.05, 0.1) is 40.1 Å². The molecule has 1 aromatic carbocycles. The standard InChI is InChI=1S/C24H28N4O4S/c1-13-25-21-19(22(29)26-28(21)15-8-9-32-24(2,3)12-15)20(33-13)17-10-14-6-7-16(31-5)11-18(14)27(4)23(17)30/h6-7,10-11,15,20H,8-9,12H2,1-5H3,(H,26,29)/t15-,20+/m1/s1. The highest BCUT2D eigenvalue weighted by atomic mass is 32.2. The van der Waals surface area contributed by atoms with E-state index in [1.807, 2.05) is 35.9 Å². The largest absolute Gasteiger partial charge is 0.497 e. The Labute approximate surface area is 195 Å². The smallest absolute Gasteiger partial charge is 0.271 e. The molecule has 8 nitrogen and oxygen atoms in total. The van der Waals surface area contributed by atoms with Gasteiger partial charge in [0.1, 0.15) is 5.75 Å². The number of hydrogen-bond acceptors (Lipinski definition) is 6. The molecule has 0 bridgehead atoms. The Hall–Kier alpha value is -2.78. The third-order valence-electron chi connectivity index (χ3n) is 6.53. The lowest BCUT2D eigenvalue weighted by Gasteiger charge is -2.36. The topological polar surface area (TPSA) is 90.6 Å². The SMILES string of the molecule is COc1ccc2cc([C@@H]3SC(C)=Nc4c3c(=O)[nH]n4[C@@H]3CCOC(C)(C)C3)c(=O)n(C)c2c1. The van der Waals surface area contributed by atoms with Gasteiger partial charge in [0.15, 0.2) is 5.82 Å². The van der Waals surface area contributed by atoms with Gasteiger partial charge in [-0.25, -0.2) is 4.99 Å². The summed E-state index contributed by atoms with van der Waals surface area (Å²) in [6, 6.07) is 7.64. The molecule has 2 atom stereocenters. The summed E-state index contributed by atoms with van der Waals surface area (Å²) in [7, 11) is 3.36. The number of benzene rings is 1. The van der Waals surface area contributed by atoms with E-state index in [4.69, 9.17) is 14.5 Å². The van der Waals surface area contributed by atoms with E-state index in [0.717, 1.165) is 28.8 Å². The fraction of sp³-hybridized carbons (Fsp3) is 0.458. The van der Waals surface area contributed by atoms with Crippen LogP contribution in [0.4, 0.5) is 5.82 Å². The second kappa shape index (κ2) is 7.92. The maximum absolute atomic E-state index is 13.4.